The molecular formula is C22H20FN5O. The molecule has 1 unspecified atom stereocenters. The van der Waals surface area contributed by atoms with Crippen molar-refractivity contribution in [2.75, 3.05) is 23.3 Å². The fraction of sp³-hybridized carbons (Fsp3) is 0.227. The predicted molar refractivity (Wildman–Crippen MR) is 111 cm³/mol. The molecule has 5 rings (SSSR count). The molecule has 0 aliphatic carbocycles. The molecule has 146 valence electrons. The molecule has 0 radical (unpaired) electrons. The summed E-state index contributed by atoms with van der Waals surface area (Å²) in [5.41, 5.74) is 3.23. The number of carbonyl (C=O) groups is 1. The van der Waals surface area contributed by atoms with E-state index in [1.165, 1.54) is 12.1 Å². The van der Waals surface area contributed by atoms with Crippen LogP contribution in [0.2, 0.25) is 0 Å². The lowest BCUT2D eigenvalue weighted by atomic mass is 9.96. The predicted octanol–water partition coefficient (Wildman–Crippen LogP) is 4.11. The Labute approximate surface area is 166 Å². The van der Waals surface area contributed by atoms with Gasteiger partial charge in [0.1, 0.15) is 5.82 Å². The standard InChI is InChI=1S/C22H20FN5O/c23-16-6-7-18-17(11-16)20(8-9-24-18)28-10-2-4-15(13-28)22(29)26-19-5-1-3-14-12-25-27-21(14)19/h1,3,5-9,11-12,15H,2,4,10,13H2,(H,25,27)(H,26,29). The third-order valence-electron chi connectivity index (χ3n) is 5.55. The van der Waals surface area contributed by atoms with Gasteiger partial charge in [0.25, 0.3) is 0 Å². The zero-order valence-corrected chi connectivity index (χ0v) is 15.7. The summed E-state index contributed by atoms with van der Waals surface area (Å²) in [6.07, 6.45) is 5.18. The number of hydrogen-bond acceptors (Lipinski definition) is 4. The highest BCUT2D eigenvalue weighted by molar-refractivity contribution is 6.01. The van der Waals surface area contributed by atoms with Crippen molar-refractivity contribution in [3.8, 4) is 0 Å². The lowest BCUT2D eigenvalue weighted by Gasteiger charge is -2.34. The molecule has 0 spiro atoms. The zero-order chi connectivity index (χ0) is 19.8. The zero-order valence-electron chi connectivity index (χ0n) is 15.7. The van der Waals surface area contributed by atoms with E-state index in [1.54, 1.807) is 18.5 Å². The van der Waals surface area contributed by atoms with E-state index in [0.717, 1.165) is 52.6 Å². The number of fused-ring (bicyclic) bond motifs is 2. The number of anilines is 2. The van der Waals surface area contributed by atoms with Crippen LogP contribution in [0.25, 0.3) is 21.8 Å². The summed E-state index contributed by atoms with van der Waals surface area (Å²) in [6, 6.07) is 12.2. The average Bonchev–Trinajstić information content (AvgIpc) is 3.23. The van der Waals surface area contributed by atoms with E-state index in [2.05, 4.69) is 25.4 Å². The van der Waals surface area contributed by atoms with Crippen LogP contribution in [0, 0.1) is 11.7 Å². The van der Waals surface area contributed by atoms with Gasteiger partial charge in [0, 0.05) is 35.7 Å². The van der Waals surface area contributed by atoms with Crippen LogP contribution in [-0.2, 0) is 4.79 Å². The van der Waals surface area contributed by atoms with Crippen molar-refractivity contribution in [1.29, 1.82) is 0 Å². The van der Waals surface area contributed by atoms with Crippen molar-refractivity contribution in [2.24, 2.45) is 5.92 Å². The van der Waals surface area contributed by atoms with Gasteiger partial charge >= 0.3 is 0 Å². The molecule has 1 amide bonds. The van der Waals surface area contributed by atoms with Gasteiger partial charge in [-0.2, -0.15) is 5.10 Å². The Bertz CT molecular complexity index is 1200. The summed E-state index contributed by atoms with van der Waals surface area (Å²) in [6.45, 7) is 1.41. The first-order valence-electron chi connectivity index (χ1n) is 9.71. The molecule has 1 atom stereocenters. The largest absolute Gasteiger partial charge is 0.370 e. The molecule has 7 heteroatoms. The number of aromatic amines is 1. The van der Waals surface area contributed by atoms with Crippen LogP contribution in [0.4, 0.5) is 15.8 Å². The summed E-state index contributed by atoms with van der Waals surface area (Å²) in [5, 5.41) is 11.8. The van der Waals surface area contributed by atoms with Gasteiger partial charge in [-0.05, 0) is 43.2 Å². The van der Waals surface area contributed by atoms with Crippen molar-refractivity contribution in [3.05, 3.63) is 60.7 Å². The topological polar surface area (TPSA) is 73.9 Å². The first kappa shape index (κ1) is 17.6. The van der Waals surface area contributed by atoms with Crippen LogP contribution in [0.5, 0.6) is 0 Å². The Balaban J connectivity index is 1.39. The van der Waals surface area contributed by atoms with Gasteiger partial charge in [0.2, 0.25) is 5.91 Å². The highest BCUT2D eigenvalue weighted by atomic mass is 19.1. The molecule has 6 nitrogen and oxygen atoms in total. The van der Waals surface area contributed by atoms with Crippen LogP contribution in [0.1, 0.15) is 12.8 Å². The third kappa shape index (κ3) is 3.29. The maximum Gasteiger partial charge on any atom is 0.229 e. The second-order valence-electron chi connectivity index (χ2n) is 7.41. The van der Waals surface area contributed by atoms with Crippen molar-refractivity contribution < 1.29 is 9.18 Å². The van der Waals surface area contributed by atoms with Crippen LogP contribution in [0.3, 0.4) is 0 Å². The summed E-state index contributed by atoms with van der Waals surface area (Å²) in [7, 11) is 0. The Morgan fingerprint density at radius 3 is 3.10 bits per heavy atom. The molecule has 2 N–H and O–H groups in total. The molecule has 1 aliphatic rings. The van der Waals surface area contributed by atoms with Gasteiger partial charge in [-0.3, -0.25) is 14.9 Å². The van der Waals surface area contributed by atoms with E-state index in [-0.39, 0.29) is 17.6 Å². The van der Waals surface area contributed by atoms with E-state index in [4.69, 9.17) is 0 Å². The van der Waals surface area contributed by atoms with E-state index in [9.17, 15) is 9.18 Å². The van der Waals surface area contributed by atoms with Crippen molar-refractivity contribution >= 4 is 39.1 Å². The van der Waals surface area contributed by atoms with Crippen molar-refractivity contribution in [2.45, 2.75) is 12.8 Å². The van der Waals surface area contributed by atoms with Gasteiger partial charge in [-0.15, -0.1) is 0 Å². The average molecular weight is 389 g/mol. The second kappa shape index (κ2) is 7.16. The number of hydrogen-bond donors (Lipinski definition) is 2. The number of piperidine rings is 1. The van der Waals surface area contributed by atoms with Gasteiger partial charge in [-0.25, -0.2) is 4.39 Å². The molecule has 0 bridgehead atoms. The maximum atomic E-state index is 13.8. The monoisotopic (exact) mass is 389 g/mol. The number of H-pyrrole nitrogens is 1. The SMILES string of the molecule is O=C(Nc1cccc2cn[nH]c12)C1CCCN(c2ccnc3ccc(F)cc23)C1. The first-order chi connectivity index (χ1) is 14.2. The molecule has 1 saturated heterocycles. The Morgan fingerprint density at radius 1 is 1.24 bits per heavy atom. The number of benzene rings is 2. The highest BCUT2D eigenvalue weighted by Gasteiger charge is 2.27. The van der Waals surface area contributed by atoms with Crippen molar-refractivity contribution in [1.82, 2.24) is 15.2 Å². The number of carbonyl (C=O) groups excluding carboxylic acids is 1. The molecule has 1 fully saturated rings. The molecular weight excluding hydrogens is 369 g/mol. The van der Waals surface area contributed by atoms with Gasteiger partial charge < -0.3 is 10.2 Å². The molecule has 4 aromatic rings. The quantitative estimate of drug-likeness (QED) is 0.553. The second-order valence-corrected chi connectivity index (χ2v) is 7.41. The number of para-hydroxylation sites is 1. The molecule has 3 heterocycles. The highest BCUT2D eigenvalue weighted by Crippen LogP contribution is 2.30. The van der Waals surface area contributed by atoms with E-state index < -0.39 is 0 Å². The smallest absolute Gasteiger partial charge is 0.229 e. The van der Waals surface area contributed by atoms with Crippen LogP contribution < -0.4 is 10.2 Å². The summed E-state index contributed by atoms with van der Waals surface area (Å²) >= 11 is 0. The molecule has 29 heavy (non-hydrogen) atoms. The molecule has 0 saturated carbocycles. The minimum absolute atomic E-state index is 0.0126. The lowest BCUT2D eigenvalue weighted by molar-refractivity contribution is -0.120. The first-order valence-corrected chi connectivity index (χ1v) is 9.71. The molecule has 1 aliphatic heterocycles. The van der Waals surface area contributed by atoms with Gasteiger partial charge in [0.15, 0.2) is 0 Å². The third-order valence-corrected chi connectivity index (χ3v) is 5.55. The summed E-state index contributed by atoms with van der Waals surface area (Å²) in [5.74, 6) is -0.453. The number of pyridine rings is 1. The number of aromatic nitrogens is 3. The van der Waals surface area contributed by atoms with E-state index in [0.29, 0.717) is 6.54 Å². The van der Waals surface area contributed by atoms with Crippen molar-refractivity contribution in [3.63, 3.8) is 0 Å². The fourth-order valence-corrected chi connectivity index (χ4v) is 4.10. The number of amides is 1. The molecule has 2 aromatic heterocycles. The minimum atomic E-state index is -0.286. The Hall–Kier alpha value is -3.48. The number of nitrogens with one attached hydrogen (secondary N) is 2. The number of nitrogens with zero attached hydrogens (tertiary/aromatic N) is 3. The fourth-order valence-electron chi connectivity index (χ4n) is 4.10. The Kier molecular flexibility index (Phi) is 4.35. The van der Waals surface area contributed by atoms with Crippen LogP contribution in [-0.4, -0.2) is 34.2 Å². The summed E-state index contributed by atoms with van der Waals surface area (Å²) in [4.78, 5) is 19.5. The molecule has 2 aromatic carbocycles. The maximum absolute atomic E-state index is 13.8. The summed E-state index contributed by atoms with van der Waals surface area (Å²) < 4.78 is 13.8. The van der Waals surface area contributed by atoms with Gasteiger partial charge in [0.05, 0.1) is 28.8 Å². The normalized spacial score (nSPS) is 17.0. The van der Waals surface area contributed by atoms with Gasteiger partial charge in [-0.1, -0.05) is 12.1 Å². The Morgan fingerprint density at radius 2 is 2.17 bits per heavy atom. The number of rotatable bonds is 3. The number of halogens is 1. The van der Waals surface area contributed by atoms with Crippen LogP contribution in [0.15, 0.2) is 54.9 Å². The minimum Gasteiger partial charge on any atom is -0.370 e. The van der Waals surface area contributed by atoms with E-state index in [1.807, 2.05) is 24.3 Å². The van der Waals surface area contributed by atoms with Crippen LogP contribution >= 0.6 is 0 Å². The lowest BCUT2D eigenvalue weighted by Crippen LogP contribution is -2.40. The van der Waals surface area contributed by atoms with E-state index >= 15 is 0 Å².